The Balaban J connectivity index is 2.34. The third-order valence-electron chi connectivity index (χ3n) is 2.65. The highest BCUT2D eigenvalue weighted by Gasteiger charge is 2.23. The minimum Gasteiger partial charge on any atom is -0.468 e. The SMILES string of the molecule is COC(=O)CN1CCN(C(=O)C(C)N)CC1. The van der Waals surface area contributed by atoms with Crippen molar-refractivity contribution in [3.63, 3.8) is 0 Å². The van der Waals surface area contributed by atoms with Gasteiger partial charge in [-0.2, -0.15) is 0 Å². The van der Waals surface area contributed by atoms with E-state index in [4.69, 9.17) is 5.73 Å². The van der Waals surface area contributed by atoms with Gasteiger partial charge in [0.2, 0.25) is 5.91 Å². The molecule has 0 aliphatic carbocycles. The minimum atomic E-state index is -0.452. The van der Waals surface area contributed by atoms with E-state index < -0.39 is 6.04 Å². The fourth-order valence-electron chi connectivity index (χ4n) is 1.66. The smallest absolute Gasteiger partial charge is 0.319 e. The number of amides is 1. The summed E-state index contributed by atoms with van der Waals surface area (Å²) in [5, 5.41) is 0. The van der Waals surface area contributed by atoms with Crippen molar-refractivity contribution in [3.05, 3.63) is 0 Å². The van der Waals surface area contributed by atoms with E-state index in [9.17, 15) is 9.59 Å². The molecule has 1 heterocycles. The van der Waals surface area contributed by atoms with Crippen LogP contribution in [0.25, 0.3) is 0 Å². The number of piperazine rings is 1. The Morgan fingerprint density at radius 2 is 1.88 bits per heavy atom. The molecule has 0 spiro atoms. The first kappa shape index (κ1) is 12.9. The van der Waals surface area contributed by atoms with Gasteiger partial charge < -0.3 is 15.4 Å². The van der Waals surface area contributed by atoms with Crippen LogP contribution in [-0.4, -0.2) is 67.6 Å². The van der Waals surface area contributed by atoms with Crippen molar-refractivity contribution >= 4 is 11.9 Å². The summed E-state index contributed by atoms with van der Waals surface area (Å²) in [6.07, 6.45) is 0. The van der Waals surface area contributed by atoms with Crippen LogP contribution in [0.3, 0.4) is 0 Å². The van der Waals surface area contributed by atoms with Gasteiger partial charge in [-0.15, -0.1) is 0 Å². The third-order valence-corrected chi connectivity index (χ3v) is 2.65. The van der Waals surface area contributed by atoms with Gasteiger partial charge in [-0.05, 0) is 6.92 Å². The van der Waals surface area contributed by atoms with E-state index >= 15 is 0 Å². The van der Waals surface area contributed by atoms with Gasteiger partial charge in [-0.1, -0.05) is 0 Å². The summed E-state index contributed by atoms with van der Waals surface area (Å²) in [7, 11) is 1.37. The first-order chi connectivity index (χ1) is 7.54. The summed E-state index contributed by atoms with van der Waals surface area (Å²) in [6, 6.07) is -0.452. The molecule has 1 aliphatic heterocycles. The van der Waals surface area contributed by atoms with Crippen LogP contribution < -0.4 is 5.73 Å². The zero-order chi connectivity index (χ0) is 12.1. The van der Waals surface area contributed by atoms with Gasteiger partial charge in [0, 0.05) is 26.2 Å². The fourth-order valence-corrected chi connectivity index (χ4v) is 1.66. The monoisotopic (exact) mass is 229 g/mol. The topological polar surface area (TPSA) is 75.9 Å². The van der Waals surface area contributed by atoms with Crippen molar-refractivity contribution in [1.29, 1.82) is 0 Å². The largest absolute Gasteiger partial charge is 0.468 e. The van der Waals surface area contributed by atoms with Gasteiger partial charge in [0.15, 0.2) is 0 Å². The standard InChI is InChI=1S/C10H19N3O3/c1-8(11)10(15)13-5-3-12(4-6-13)7-9(14)16-2/h8H,3-7,11H2,1-2H3. The van der Waals surface area contributed by atoms with E-state index in [0.717, 1.165) is 0 Å². The molecular formula is C10H19N3O3. The number of ether oxygens (including phenoxy) is 1. The summed E-state index contributed by atoms with van der Waals surface area (Å²) in [6.45, 7) is 4.59. The molecule has 1 aliphatic rings. The highest BCUT2D eigenvalue weighted by molar-refractivity contribution is 5.81. The Hall–Kier alpha value is -1.14. The van der Waals surface area contributed by atoms with Gasteiger partial charge in [0.1, 0.15) is 0 Å². The average Bonchev–Trinajstić information content (AvgIpc) is 2.28. The van der Waals surface area contributed by atoms with Gasteiger partial charge in [-0.25, -0.2) is 0 Å². The van der Waals surface area contributed by atoms with Gasteiger partial charge in [0.25, 0.3) is 0 Å². The normalized spacial score (nSPS) is 19.3. The summed E-state index contributed by atoms with van der Waals surface area (Å²) in [5.41, 5.74) is 5.52. The molecule has 6 heteroatoms. The van der Waals surface area contributed by atoms with Crippen LogP contribution in [0.15, 0.2) is 0 Å². The molecule has 92 valence electrons. The number of carbonyl (C=O) groups is 2. The number of carbonyl (C=O) groups excluding carboxylic acids is 2. The lowest BCUT2D eigenvalue weighted by Gasteiger charge is -2.34. The van der Waals surface area contributed by atoms with Crippen molar-refractivity contribution in [2.75, 3.05) is 39.8 Å². The molecule has 0 saturated carbocycles. The van der Waals surface area contributed by atoms with E-state index in [1.54, 1.807) is 11.8 Å². The molecule has 0 aromatic rings. The van der Waals surface area contributed by atoms with Crippen molar-refractivity contribution in [1.82, 2.24) is 9.80 Å². The quantitative estimate of drug-likeness (QED) is 0.606. The average molecular weight is 229 g/mol. The summed E-state index contributed by atoms with van der Waals surface area (Å²) < 4.78 is 4.58. The maximum atomic E-state index is 11.6. The predicted molar refractivity (Wildman–Crippen MR) is 58.7 cm³/mol. The lowest BCUT2D eigenvalue weighted by atomic mass is 10.2. The molecule has 0 aromatic heterocycles. The zero-order valence-electron chi connectivity index (χ0n) is 9.81. The van der Waals surface area contributed by atoms with E-state index in [1.807, 2.05) is 4.90 Å². The molecular weight excluding hydrogens is 210 g/mol. The molecule has 6 nitrogen and oxygen atoms in total. The lowest BCUT2D eigenvalue weighted by Crippen LogP contribution is -2.53. The van der Waals surface area contributed by atoms with E-state index in [1.165, 1.54) is 7.11 Å². The molecule has 16 heavy (non-hydrogen) atoms. The fraction of sp³-hybridized carbons (Fsp3) is 0.800. The number of methoxy groups -OCH3 is 1. The Morgan fingerprint density at radius 1 is 1.31 bits per heavy atom. The molecule has 1 rings (SSSR count). The van der Waals surface area contributed by atoms with Crippen LogP contribution in [0.5, 0.6) is 0 Å². The van der Waals surface area contributed by atoms with E-state index in [0.29, 0.717) is 26.2 Å². The molecule has 1 unspecified atom stereocenters. The number of nitrogens with two attached hydrogens (primary N) is 1. The number of nitrogens with zero attached hydrogens (tertiary/aromatic N) is 2. The van der Waals surface area contributed by atoms with Crippen LogP contribution >= 0.6 is 0 Å². The van der Waals surface area contributed by atoms with Crippen LogP contribution in [-0.2, 0) is 14.3 Å². The van der Waals surface area contributed by atoms with Crippen LogP contribution in [0.1, 0.15) is 6.92 Å². The predicted octanol–water partition coefficient (Wildman–Crippen LogP) is -1.35. The van der Waals surface area contributed by atoms with Crippen molar-refractivity contribution in [2.45, 2.75) is 13.0 Å². The van der Waals surface area contributed by atoms with Gasteiger partial charge in [0.05, 0.1) is 19.7 Å². The second-order valence-corrected chi connectivity index (χ2v) is 3.97. The van der Waals surface area contributed by atoms with E-state index in [-0.39, 0.29) is 18.4 Å². The van der Waals surface area contributed by atoms with Gasteiger partial charge >= 0.3 is 5.97 Å². The summed E-state index contributed by atoms with van der Waals surface area (Å²) in [5.74, 6) is -0.273. The van der Waals surface area contributed by atoms with Crippen molar-refractivity contribution in [2.24, 2.45) is 5.73 Å². The molecule has 1 atom stereocenters. The van der Waals surface area contributed by atoms with Crippen LogP contribution in [0.4, 0.5) is 0 Å². The molecule has 1 fully saturated rings. The molecule has 0 radical (unpaired) electrons. The first-order valence-corrected chi connectivity index (χ1v) is 5.38. The Morgan fingerprint density at radius 3 is 2.31 bits per heavy atom. The molecule has 0 bridgehead atoms. The lowest BCUT2D eigenvalue weighted by molar-refractivity contribution is -0.142. The third kappa shape index (κ3) is 3.46. The summed E-state index contributed by atoms with van der Waals surface area (Å²) >= 11 is 0. The first-order valence-electron chi connectivity index (χ1n) is 5.38. The minimum absolute atomic E-state index is 0.0299. The maximum absolute atomic E-state index is 11.6. The Kier molecular flexibility index (Phi) is 4.70. The Labute approximate surface area is 95.3 Å². The van der Waals surface area contributed by atoms with Gasteiger partial charge in [-0.3, -0.25) is 14.5 Å². The zero-order valence-corrected chi connectivity index (χ0v) is 9.81. The number of hydrogen-bond donors (Lipinski definition) is 1. The number of rotatable bonds is 3. The molecule has 1 saturated heterocycles. The number of esters is 1. The highest BCUT2D eigenvalue weighted by Crippen LogP contribution is 2.03. The molecule has 1 amide bonds. The van der Waals surface area contributed by atoms with Crippen molar-refractivity contribution < 1.29 is 14.3 Å². The van der Waals surface area contributed by atoms with Crippen LogP contribution in [0.2, 0.25) is 0 Å². The summed E-state index contributed by atoms with van der Waals surface area (Å²) in [4.78, 5) is 26.3. The highest BCUT2D eigenvalue weighted by atomic mass is 16.5. The van der Waals surface area contributed by atoms with Crippen molar-refractivity contribution in [3.8, 4) is 0 Å². The second-order valence-electron chi connectivity index (χ2n) is 3.97. The molecule has 2 N–H and O–H groups in total. The molecule has 0 aromatic carbocycles. The second kappa shape index (κ2) is 5.81. The van der Waals surface area contributed by atoms with E-state index in [2.05, 4.69) is 4.74 Å². The maximum Gasteiger partial charge on any atom is 0.319 e. The number of hydrogen-bond acceptors (Lipinski definition) is 5. The Bertz CT molecular complexity index is 260. The van der Waals surface area contributed by atoms with Crippen LogP contribution in [0, 0.1) is 0 Å².